The molecule has 2 rings (SSSR count). The third-order valence-corrected chi connectivity index (χ3v) is 3.71. The van der Waals surface area contributed by atoms with Crippen LogP contribution in [0.1, 0.15) is 17.8 Å². The van der Waals surface area contributed by atoms with Crippen molar-refractivity contribution in [2.75, 3.05) is 30.9 Å². The van der Waals surface area contributed by atoms with Crippen molar-refractivity contribution in [3.63, 3.8) is 0 Å². The van der Waals surface area contributed by atoms with Gasteiger partial charge in [0.2, 0.25) is 0 Å². The minimum Gasteiger partial charge on any atom is -0.385 e. The molecular weight excluding hydrogens is 344 g/mol. The Morgan fingerprint density at radius 2 is 1.91 bits per heavy atom. The van der Waals surface area contributed by atoms with Gasteiger partial charge in [0.25, 0.3) is 0 Å². The van der Waals surface area contributed by atoms with Crippen molar-refractivity contribution < 1.29 is 4.74 Å². The lowest BCUT2D eigenvalue weighted by Gasteiger charge is -2.11. The lowest BCUT2D eigenvalue weighted by Crippen LogP contribution is -2.08. The van der Waals surface area contributed by atoms with Crippen molar-refractivity contribution in [2.24, 2.45) is 0 Å². The highest BCUT2D eigenvalue weighted by molar-refractivity contribution is 9.10. The predicted molar refractivity (Wildman–Crippen MR) is 93.9 cm³/mol. The predicted octanol–water partition coefficient (Wildman–Crippen LogP) is 4.05. The second-order valence-electron chi connectivity index (χ2n) is 5.07. The molecule has 0 amide bonds. The molecule has 0 fully saturated rings. The van der Waals surface area contributed by atoms with Gasteiger partial charge < -0.3 is 15.4 Å². The number of benzene rings is 1. The van der Waals surface area contributed by atoms with E-state index in [0.29, 0.717) is 0 Å². The Hall–Kier alpha value is -1.66. The van der Waals surface area contributed by atoms with Crippen LogP contribution >= 0.6 is 15.9 Å². The molecule has 0 radical (unpaired) electrons. The zero-order chi connectivity index (χ0) is 15.9. The van der Waals surface area contributed by atoms with Crippen LogP contribution in [-0.2, 0) is 4.74 Å². The van der Waals surface area contributed by atoms with Crippen LogP contribution in [0.3, 0.4) is 0 Å². The van der Waals surface area contributed by atoms with E-state index >= 15 is 0 Å². The molecule has 0 aliphatic heterocycles. The van der Waals surface area contributed by atoms with Crippen LogP contribution in [0.4, 0.5) is 17.3 Å². The molecule has 0 atom stereocenters. The lowest BCUT2D eigenvalue weighted by atomic mass is 10.2. The molecule has 1 heterocycles. The van der Waals surface area contributed by atoms with Crippen LogP contribution in [-0.4, -0.2) is 30.2 Å². The Balaban J connectivity index is 2.08. The van der Waals surface area contributed by atoms with Gasteiger partial charge in [0.05, 0.1) is 5.69 Å². The molecule has 1 aromatic carbocycles. The van der Waals surface area contributed by atoms with Crippen molar-refractivity contribution in [1.82, 2.24) is 9.97 Å². The van der Waals surface area contributed by atoms with Crippen LogP contribution in [0.25, 0.3) is 0 Å². The average Bonchev–Trinajstić information content (AvgIpc) is 2.46. The van der Waals surface area contributed by atoms with E-state index in [2.05, 4.69) is 55.6 Å². The fraction of sp³-hybridized carbons (Fsp3) is 0.375. The topological polar surface area (TPSA) is 59.1 Å². The van der Waals surface area contributed by atoms with Crippen LogP contribution < -0.4 is 10.6 Å². The van der Waals surface area contributed by atoms with Gasteiger partial charge in [-0.25, -0.2) is 9.97 Å². The maximum atomic E-state index is 5.04. The number of aryl methyl sites for hydroxylation is 2. The number of anilines is 3. The Morgan fingerprint density at radius 3 is 2.64 bits per heavy atom. The normalized spacial score (nSPS) is 10.5. The maximum absolute atomic E-state index is 5.04. The lowest BCUT2D eigenvalue weighted by molar-refractivity contribution is 0.198. The molecule has 0 spiro atoms. The number of halogens is 1. The van der Waals surface area contributed by atoms with Gasteiger partial charge in [-0.3, -0.25) is 0 Å². The first-order valence-electron chi connectivity index (χ1n) is 7.20. The molecule has 0 aliphatic rings. The molecule has 2 aromatic rings. The van der Waals surface area contributed by atoms with Crippen LogP contribution in [0.2, 0.25) is 0 Å². The number of rotatable bonds is 7. The van der Waals surface area contributed by atoms with Gasteiger partial charge in [-0.2, -0.15) is 0 Å². The number of ether oxygens (including phenoxy) is 1. The fourth-order valence-electron chi connectivity index (χ4n) is 2.01. The molecular formula is C16H21BrN4O. The van der Waals surface area contributed by atoms with Crippen LogP contribution in [0, 0.1) is 13.8 Å². The van der Waals surface area contributed by atoms with Crippen LogP contribution in [0.15, 0.2) is 28.7 Å². The third kappa shape index (κ3) is 4.96. The number of methoxy groups -OCH3 is 1. The molecule has 1 aromatic heterocycles. The van der Waals surface area contributed by atoms with Gasteiger partial charge in [0, 0.05) is 30.8 Å². The highest BCUT2D eigenvalue weighted by Crippen LogP contribution is 2.26. The minimum atomic E-state index is 0.725. The maximum Gasteiger partial charge on any atom is 0.136 e. The van der Waals surface area contributed by atoms with Gasteiger partial charge in [-0.15, -0.1) is 0 Å². The highest BCUT2D eigenvalue weighted by atomic mass is 79.9. The van der Waals surface area contributed by atoms with E-state index in [9.17, 15) is 0 Å². The summed E-state index contributed by atoms with van der Waals surface area (Å²) < 4.78 is 6.05. The summed E-state index contributed by atoms with van der Waals surface area (Å²) in [5.41, 5.74) is 2.19. The summed E-state index contributed by atoms with van der Waals surface area (Å²) in [5, 5.41) is 6.61. The third-order valence-electron chi connectivity index (χ3n) is 3.06. The van der Waals surface area contributed by atoms with E-state index in [4.69, 9.17) is 4.74 Å². The summed E-state index contributed by atoms with van der Waals surface area (Å²) in [6.07, 6.45) is 0.936. The Labute approximate surface area is 139 Å². The number of nitrogens with one attached hydrogen (secondary N) is 2. The van der Waals surface area contributed by atoms with Crippen molar-refractivity contribution in [1.29, 1.82) is 0 Å². The van der Waals surface area contributed by atoms with E-state index in [1.165, 1.54) is 5.56 Å². The molecule has 0 aliphatic carbocycles. The Morgan fingerprint density at radius 1 is 1.14 bits per heavy atom. The summed E-state index contributed by atoms with van der Waals surface area (Å²) in [6.45, 7) is 5.50. The first kappa shape index (κ1) is 16.7. The van der Waals surface area contributed by atoms with E-state index in [0.717, 1.165) is 47.2 Å². The van der Waals surface area contributed by atoms with Crippen LogP contribution in [0.5, 0.6) is 0 Å². The molecule has 2 N–H and O–H groups in total. The van der Waals surface area contributed by atoms with Crippen molar-refractivity contribution in [3.05, 3.63) is 40.1 Å². The standard InChI is InChI=1S/C16H21BrN4O/c1-11-5-6-14(13(17)9-11)21-16-10-15(19-12(2)20-16)18-7-4-8-22-3/h5-6,9-10H,4,7-8H2,1-3H3,(H2,18,19,20,21). The molecule has 0 bridgehead atoms. The van der Waals surface area contributed by atoms with E-state index in [1.54, 1.807) is 7.11 Å². The molecule has 6 heteroatoms. The summed E-state index contributed by atoms with van der Waals surface area (Å²) in [7, 11) is 1.70. The van der Waals surface area contributed by atoms with Gasteiger partial charge in [-0.05, 0) is 53.9 Å². The molecule has 0 unspecified atom stereocenters. The zero-order valence-corrected chi connectivity index (χ0v) is 14.7. The zero-order valence-electron chi connectivity index (χ0n) is 13.1. The van der Waals surface area contributed by atoms with Gasteiger partial charge in [0.1, 0.15) is 17.5 Å². The molecule has 118 valence electrons. The summed E-state index contributed by atoms with van der Waals surface area (Å²) in [5.74, 6) is 2.31. The minimum absolute atomic E-state index is 0.725. The number of hydrogen-bond donors (Lipinski definition) is 2. The SMILES string of the molecule is COCCCNc1cc(Nc2ccc(C)cc2Br)nc(C)n1. The van der Waals surface area contributed by atoms with Crippen molar-refractivity contribution >= 4 is 33.3 Å². The van der Waals surface area contributed by atoms with Crippen molar-refractivity contribution in [3.8, 4) is 0 Å². The first-order valence-corrected chi connectivity index (χ1v) is 7.99. The second kappa shape index (κ2) is 8.10. The smallest absolute Gasteiger partial charge is 0.136 e. The molecule has 0 saturated heterocycles. The Kier molecular flexibility index (Phi) is 6.15. The second-order valence-corrected chi connectivity index (χ2v) is 5.92. The molecule has 5 nitrogen and oxygen atoms in total. The van der Waals surface area contributed by atoms with E-state index < -0.39 is 0 Å². The summed E-state index contributed by atoms with van der Waals surface area (Å²) in [6, 6.07) is 8.07. The average molecular weight is 365 g/mol. The number of hydrogen-bond acceptors (Lipinski definition) is 5. The quantitative estimate of drug-likeness (QED) is 0.725. The van der Waals surface area contributed by atoms with Gasteiger partial charge >= 0.3 is 0 Å². The highest BCUT2D eigenvalue weighted by Gasteiger charge is 2.05. The summed E-state index contributed by atoms with van der Waals surface area (Å²) >= 11 is 3.57. The van der Waals surface area contributed by atoms with Gasteiger partial charge in [0.15, 0.2) is 0 Å². The Bertz CT molecular complexity index is 634. The fourth-order valence-corrected chi connectivity index (χ4v) is 2.61. The molecule has 22 heavy (non-hydrogen) atoms. The van der Waals surface area contributed by atoms with E-state index in [1.807, 2.05) is 19.1 Å². The molecule has 0 saturated carbocycles. The van der Waals surface area contributed by atoms with E-state index in [-0.39, 0.29) is 0 Å². The van der Waals surface area contributed by atoms with Crippen molar-refractivity contribution in [2.45, 2.75) is 20.3 Å². The largest absolute Gasteiger partial charge is 0.385 e. The number of aromatic nitrogens is 2. The van der Waals surface area contributed by atoms with Gasteiger partial charge in [-0.1, -0.05) is 6.07 Å². The first-order chi connectivity index (χ1) is 10.6. The summed E-state index contributed by atoms with van der Waals surface area (Å²) in [4.78, 5) is 8.82. The number of nitrogens with zero attached hydrogens (tertiary/aromatic N) is 2. The monoisotopic (exact) mass is 364 g/mol.